The zero-order chi connectivity index (χ0) is 11.8. The van der Waals surface area contributed by atoms with Gasteiger partial charge in [-0.1, -0.05) is 11.8 Å². The van der Waals surface area contributed by atoms with E-state index in [1.807, 2.05) is 0 Å². The Kier molecular flexibility index (Phi) is 3.46. The van der Waals surface area contributed by atoms with Crippen molar-refractivity contribution < 1.29 is 13.2 Å². The lowest BCUT2D eigenvalue weighted by Gasteiger charge is -2.46. The summed E-state index contributed by atoms with van der Waals surface area (Å²) in [4.78, 5) is 15.3. The maximum Gasteiger partial charge on any atom is 0.281 e. The molecule has 0 saturated carbocycles. The molecule has 0 atom stereocenters. The van der Waals surface area contributed by atoms with Crippen molar-refractivity contribution in [1.82, 2.24) is 9.80 Å². The molecular weight excluding hydrogens is 248 g/mol. The van der Waals surface area contributed by atoms with E-state index in [2.05, 4.69) is 4.90 Å². The summed E-state index contributed by atoms with van der Waals surface area (Å²) < 4.78 is 22.5. The molecule has 7 heteroatoms. The van der Waals surface area contributed by atoms with Gasteiger partial charge in [0.1, 0.15) is 0 Å². The van der Waals surface area contributed by atoms with E-state index < -0.39 is 9.84 Å². The number of thioether (sulfide) groups is 1. The van der Waals surface area contributed by atoms with Crippen LogP contribution in [0.15, 0.2) is 0 Å². The van der Waals surface area contributed by atoms with Crippen LogP contribution in [0.5, 0.6) is 0 Å². The Labute approximate surface area is 100 Å². The second kappa shape index (κ2) is 4.54. The van der Waals surface area contributed by atoms with E-state index in [0.717, 1.165) is 13.1 Å². The number of amides is 1. The number of carbonyl (C=O) groups is 1. The standard InChI is InChI=1S/C9H16N2O3S2/c1-15-9(12)11-6-8(7-11)10-2-4-16(13,14)5-3-10/h8H,2-7H2,1H3. The van der Waals surface area contributed by atoms with Crippen LogP contribution in [0, 0.1) is 0 Å². The van der Waals surface area contributed by atoms with Crippen LogP contribution in [-0.4, -0.2) is 73.4 Å². The molecule has 2 rings (SSSR count). The molecule has 0 aromatic heterocycles. The van der Waals surface area contributed by atoms with Crippen LogP contribution in [-0.2, 0) is 9.84 Å². The van der Waals surface area contributed by atoms with Gasteiger partial charge in [0.05, 0.1) is 11.5 Å². The van der Waals surface area contributed by atoms with Crippen molar-refractivity contribution >= 4 is 26.8 Å². The summed E-state index contributed by atoms with van der Waals surface area (Å²) in [7, 11) is -2.79. The van der Waals surface area contributed by atoms with Crippen LogP contribution in [0.25, 0.3) is 0 Å². The molecule has 0 unspecified atom stereocenters. The van der Waals surface area contributed by atoms with Crippen molar-refractivity contribution in [2.24, 2.45) is 0 Å². The summed E-state index contributed by atoms with van der Waals surface area (Å²) >= 11 is 1.23. The molecule has 2 aliphatic heterocycles. The van der Waals surface area contributed by atoms with E-state index in [9.17, 15) is 13.2 Å². The molecule has 2 fully saturated rings. The second-order valence-corrected chi connectivity index (χ2v) is 7.28. The van der Waals surface area contributed by atoms with Gasteiger partial charge in [-0.3, -0.25) is 9.69 Å². The van der Waals surface area contributed by atoms with Gasteiger partial charge in [0, 0.05) is 32.2 Å². The Morgan fingerprint density at radius 3 is 2.31 bits per heavy atom. The van der Waals surface area contributed by atoms with Gasteiger partial charge in [-0.25, -0.2) is 8.42 Å². The molecule has 2 heterocycles. The molecular formula is C9H16N2O3S2. The van der Waals surface area contributed by atoms with E-state index >= 15 is 0 Å². The molecule has 5 nitrogen and oxygen atoms in total. The first-order valence-corrected chi connectivity index (χ1v) is 8.34. The Morgan fingerprint density at radius 1 is 1.25 bits per heavy atom. The van der Waals surface area contributed by atoms with Crippen molar-refractivity contribution in [3.8, 4) is 0 Å². The molecule has 0 aromatic rings. The van der Waals surface area contributed by atoms with Crippen LogP contribution in [0.4, 0.5) is 4.79 Å². The SMILES string of the molecule is CSC(=O)N1CC(N2CCS(=O)(=O)CC2)C1. The molecule has 2 aliphatic rings. The first kappa shape index (κ1) is 12.2. The predicted molar refractivity (Wildman–Crippen MR) is 64.5 cm³/mol. The highest BCUT2D eigenvalue weighted by atomic mass is 32.2. The quantitative estimate of drug-likeness (QED) is 0.661. The molecule has 92 valence electrons. The van der Waals surface area contributed by atoms with Gasteiger partial charge in [0.15, 0.2) is 9.84 Å². The Morgan fingerprint density at radius 2 is 1.81 bits per heavy atom. The molecule has 0 bridgehead atoms. The maximum absolute atomic E-state index is 11.3. The zero-order valence-corrected chi connectivity index (χ0v) is 10.9. The van der Waals surface area contributed by atoms with Gasteiger partial charge in [-0.05, 0) is 6.26 Å². The van der Waals surface area contributed by atoms with Crippen LogP contribution < -0.4 is 0 Å². The first-order chi connectivity index (χ1) is 7.52. The molecule has 0 radical (unpaired) electrons. The molecule has 1 amide bonds. The van der Waals surface area contributed by atoms with E-state index in [0.29, 0.717) is 19.1 Å². The third-order valence-electron chi connectivity index (χ3n) is 3.19. The predicted octanol–water partition coefficient (Wildman–Crippen LogP) is -0.116. The van der Waals surface area contributed by atoms with Crippen LogP contribution in [0.2, 0.25) is 0 Å². The molecule has 0 aromatic carbocycles. The lowest BCUT2D eigenvalue weighted by Crippen LogP contribution is -2.62. The minimum atomic E-state index is -2.79. The van der Waals surface area contributed by atoms with Crippen molar-refractivity contribution in [2.45, 2.75) is 6.04 Å². The largest absolute Gasteiger partial charge is 0.330 e. The van der Waals surface area contributed by atoms with Gasteiger partial charge < -0.3 is 4.90 Å². The normalized spacial score (nSPS) is 26.4. The molecule has 0 aliphatic carbocycles. The lowest BCUT2D eigenvalue weighted by atomic mass is 10.1. The number of carbonyl (C=O) groups excluding carboxylic acids is 1. The first-order valence-electron chi connectivity index (χ1n) is 5.29. The van der Waals surface area contributed by atoms with Crippen molar-refractivity contribution in [3.63, 3.8) is 0 Å². The average Bonchev–Trinajstić information content (AvgIpc) is 2.18. The third-order valence-corrected chi connectivity index (χ3v) is 5.41. The highest BCUT2D eigenvalue weighted by molar-refractivity contribution is 8.12. The number of hydrogen-bond donors (Lipinski definition) is 0. The second-order valence-electron chi connectivity index (χ2n) is 4.22. The van der Waals surface area contributed by atoms with Crippen molar-refractivity contribution in [1.29, 1.82) is 0 Å². The maximum atomic E-state index is 11.3. The fourth-order valence-corrected chi connectivity index (χ4v) is 3.69. The summed E-state index contributed by atoms with van der Waals surface area (Å²) in [5.41, 5.74) is 0. The Hall–Kier alpha value is -0.270. The Balaban J connectivity index is 1.79. The van der Waals surface area contributed by atoms with Gasteiger partial charge in [0.25, 0.3) is 5.24 Å². The van der Waals surface area contributed by atoms with Crippen LogP contribution in [0.3, 0.4) is 0 Å². The van der Waals surface area contributed by atoms with Gasteiger partial charge >= 0.3 is 0 Å². The minimum Gasteiger partial charge on any atom is -0.330 e. The minimum absolute atomic E-state index is 0.112. The smallest absolute Gasteiger partial charge is 0.281 e. The monoisotopic (exact) mass is 264 g/mol. The number of rotatable bonds is 1. The van der Waals surface area contributed by atoms with E-state index in [1.165, 1.54) is 11.8 Å². The topological polar surface area (TPSA) is 57.7 Å². The molecule has 16 heavy (non-hydrogen) atoms. The van der Waals surface area contributed by atoms with E-state index in [4.69, 9.17) is 0 Å². The highest BCUT2D eigenvalue weighted by Gasteiger charge is 2.36. The molecule has 0 spiro atoms. The number of likely N-dealkylation sites (tertiary alicyclic amines) is 1. The fourth-order valence-electron chi connectivity index (χ4n) is 2.06. The number of sulfone groups is 1. The van der Waals surface area contributed by atoms with E-state index in [-0.39, 0.29) is 16.7 Å². The fraction of sp³-hybridized carbons (Fsp3) is 0.889. The zero-order valence-electron chi connectivity index (χ0n) is 9.26. The van der Waals surface area contributed by atoms with Crippen molar-refractivity contribution in [3.05, 3.63) is 0 Å². The summed E-state index contributed by atoms with van der Waals surface area (Å²) in [5, 5.41) is 0.112. The Bertz CT molecular complexity index is 362. The number of hydrogen-bond acceptors (Lipinski definition) is 5. The van der Waals surface area contributed by atoms with Gasteiger partial charge in [-0.15, -0.1) is 0 Å². The lowest BCUT2D eigenvalue weighted by molar-refractivity contribution is 0.0719. The third kappa shape index (κ3) is 2.52. The summed E-state index contributed by atoms with van der Waals surface area (Å²) in [6.45, 7) is 2.74. The molecule has 0 N–H and O–H groups in total. The summed E-state index contributed by atoms with van der Waals surface area (Å²) in [6.07, 6.45) is 1.78. The highest BCUT2D eigenvalue weighted by Crippen LogP contribution is 2.20. The van der Waals surface area contributed by atoms with Crippen molar-refractivity contribution in [2.75, 3.05) is 43.9 Å². The van der Waals surface area contributed by atoms with Crippen LogP contribution in [0.1, 0.15) is 0 Å². The van der Waals surface area contributed by atoms with Gasteiger partial charge in [0.2, 0.25) is 0 Å². The summed E-state index contributed by atoms with van der Waals surface area (Å²) in [6, 6.07) is 0.367. The van der Waals surface area contributed by atoms with Gasteiger partial charge in [-0.2, -0.15) is 0 Å². The average molecular weight is 264 g/mol. The summed E-state index contributed by atoms with van der Waals surface area (Å²) in [5.74, 6) is 0.528. The number of nitrogens with zero attached hydrogens (tertiary/aromatic N) is 2. The van der Waals surface area contributed by atoms with Crippen LogP contribution >= 0.6 is 11.8 Å². The molecule has 2 saturated heterocycles. The van der Waals surface area contributed by atoms with E-state index in [1.54, 1.807) is 11.2 Å².